The fourth-order valence-corrected chi connectivity index (χ4v) is 2.52. The van der Waals surface area contributed by atoms with Crippen molar-refractivity contribution in [2.75, 3.05) is 5.32 Å². The Labute approximate surface area is 135 Å². The van der Waals surface area contributed by atoms with Crippen molar-refractivity contribution >= 4 is 33.7 Å². The van der Waals surface area contributed by atoms with Crippen LogP contribution in [0.2, 0.25) is 0 Å². The van der Waals surface area contributed by atoms with Crippen LogP contribution in [0.3, 0.4) is 0 Å². The molecule has 7 nitrogen and oxygen atoms in total. The molecule has 4 rings (SSSR count). The summed E-state index contributed by atoms with van der Waals surface area (Å²) < 4.78 is 6.80. The van der Waals surface area contributed by atoms with Crippen molar-refractivity contribution in [2.45, 2.75) is 6.54 Å². The van der Waals surface area contributed by atoms with E-state index in [1.807, 2.05) is 18.2 Å². The first-order valence-electron chi connectivity index (χ1n) is 7.29. The maximum absolute atomic E-state index is 12.5. The number of amides is 1. The average Bonchev–Trinajstić information content (AvgIpc) is 2.98. The molecule has 1 aromatic carbocycles. The third kappa shape index (κ3) is 2.41. The molecule has 1 amide bonds. The molecule has 3 aromatic heterocycles. The summed E-state index contributed by atoms with van der Waals surface area (Å²) in [5.41, 5.74) is 1.41. The van der Waals surface area contributed by atoms with Gasteiger partial charge in [-0.2, -0.15) is 0 Å². The first-order valence-corrected chi connectivity index (χ1v) is 7.29. The SMILES string of the molecule is O=C(Cn1cnc2c(oc3ccccc32)c1=O)Nc1cccnc1. The standard InChI is InChI=1S/C17H12N4O3/c22-14(20-11-4-3-7-18-8-11)9-21-10-19-15-12-5-1-2-6-13(12)24-16(15)17(21)23/h1-8,10H,9H2,(H,20,22). The zero-order valence-electron chi connectivity index (χ0n) is 12.5. The van der Waals surface area contributed by atoms with E-state index in [2.05, 4.69) is 15.3 Å². The molecule has 0 unspecified atom stereocenters. The van der Waals surface area contributed by atoms with Gasteiger partial charge in [0.1, 0.15) is 17.6 Å². The highest BCUT2D eigenvalue weighted by Gasteiger charge is 2.14. The van der Waals surface area contributed by atoms with Crippen LogP contribution in [0.25, 0.3) is 22.1 Å². The molecule has 0 aliphatic carbocycles. The molecule has 0 atom stereocenters. The van der Waals surface area contributed by atoms with E-state index in [-0.39, 0.29) is 18.0 Å². The van der Waals surface area contributed by atoms with Gasteiger partial charge in [0.15, 0.2) is 0 Å². The van der Waals surface area contributed by atoms with Crippen LogP contribution in [-0.2, 0) is 11.3 Å². The van der Waals surface area contributed by atoms with Crippen molar-refractivity contribution in [3.63, 3.8) is 0 Å². The first-order chi connectivity index (χ1) is 11.7. The summed E-state index contributed by atoms with van der Waals surface area (Å²) in [6.45, 7) is -0.159. The molecule has 0 radical (unpaired) electrons. The predicted octanol–water partition coefficient (Wildman–Crippen LogP) is 2.18. The van der Waals surface area contributed by atoms with Crippen molar-refractivity contribution in [1.29, 1.82) is 0 Å². The Kier molecular flexibility index (Phi) is 3.31. The molecule has 0 fully saturated rings. The van der Waals surface area contributed by atoms with Gasteiger partial charge in [-0.05, 0) is 24.3 Å². The lowest BCUT2D eigenvalue weighted by atomic mass is 10.2. The maximum Gasteiger partial charge on any atom is 0.297 e. The van der Waals surface area contributed by atoms with Crippen molar-refractivity contribution < 1.29 is 9.21 Å². The summed E-state index contributed by atoms with van der Waals surface area (Å²) in [7, 11) is 0. The van der Waals surface area contributed by atoms with Gasteiger partial charge < -0.3 is 9.73 Å². The number of carbonyl (C=O) groups is 1. The molecule has 7 heteroatoms. The van der Waals surface area contributed by atoms with Gasteiger partial charge in [-0.15, -0.1) is 0 Å². The number of furan rings is 1. The number of fused-ring (bicyclic) bond motifs is 3. The molecule has 0 aliphatic rings. The molecular weight excluding hydrogens is 308 g/mol. The van der Waals surface area contributed by atoms with E-state index in [0.29, 0.717) is 16.8 Å². The Bertz CT molecular complexity index is 1100. The van der Waals surface area contributed by atoms with Crippen molar-refractivity contribution in [2.24, 2.45) is 0 Å². The number of anilines is 1. The van der Waals surface area contributed by atoms with E-state index in [0.717, 1.165) is 5.39 Å². The molecular formula is C17H12N4O3. The van der Waals surface area contributed by atoms with Gasteiger partial charge in [0.2, 0.25) is 11.5 Å². The molecule has 24 heavy (non-hydrogen) atoms. The summed E-state index contributed by atoms with van der Waals surface area (Å²) in [5.74, 6) is -0.345. The van der Waals surface area contributed by atoms with Gasteiger partial charge >= 0.3 is 0 Å². The van der Waals surface area contributed by atoms with E-state index in [4.69, 9.17) is 4.42 Å². The molecule has 3 heterocycles. The maximum atomic E-state index is 12.5. The van der Waals surface area contributed by atoms with Gasteiger partial charge in [0.05, 0.1) is 18.2 Å². The zero-order chi connectivity index (χ0) is 16.5. The second-order valence-corrected chi connectivity index (χ2v) is 5.24. The Morgan fingerprint density at radius 1 is 1.21 bits per heavy atom. The van der Waals surface area contributed by atoms with E-state index in [1.165, 1.54) is 17.1 Å². The monoisotopic (exact) mass is 320 g/mol. The van der Waals surface area contributed by atoms with Gasteiger partial charge in [0, 0.05) is 11.6 Å². The normalized spacial score (nSPS) is 11.0. The lowest BCUT2D eigenvalue weighted by Crippen LogP contribution is -2.27. The minimum Gasteiger partial charge on any atom is -0.448 e. The van der Waals surface area contributed by atoms with Gasteiger partial charge in [-0.25, -0.2) is 4.98 Å². The summed E-state index contributed by atoms with van der Waals surface area (Å²) in [4.78, 5) is 32.8. The van der Waals surface area contributed by atoms with E-state index >= 15 is 0 Å². The summed E-state index contributed by atoms with van der Waals surface area (Å²) in [6, 6.07) is 10.7. The Hall–Kier alpha value is -3.48. The molecule has 1 N–H and O–H groups in total. The van der Waals surface area contributed by atoms with Crippen LogP contribution in [0.15, 0.2) is 64.3 Å². The largest absolute Gasteiger partial charge is 0.448 e. The van der Waals surface area contributed by atoms with E-state index in [1.54, 1.807) is 24.4 Å². The molecule has 0 saturated heterocycles. The third-order valence-corrected chi connectivity index (χ3v) is 3.61. The minimum atomic E-state index is -0.391. The fraction of sp³-hybridized carbons (Fsp3) is 0.0588. The number of benzene rings is 1. The topological polar surface area (TPSA) is 90.0 Å². The smallest absolute Gasteiger partial charge is 0.297 e. The van der Waals surface area contributed by atoms with Crippen molar-refractivity contribution in [1.82, 2.24) is 14.5 Å². The number of nitrogens with zero attached hydrogens (tertiary/aromatic N) is 3. The van der Waals surface area contributed by atoms with Crippen LogP contribution >= 0.6 is 0 Å². The quantitative estimate of drug-likeness (QED) is 0.625. The number of carbonyl (C=O) groups excluding carboxylic acids is 1. The number of hydrogen-bond donors (Lipinski definition) is 1. The van der Waals surface area contributed by atoms with Crippen LogP contribution in [0.4, 0.5) is 5.69 Å². The molecule has 0 saturated carbocycles. The van der Waals surface area contributed by atoms with Crippen LogP contribution in [0, 0.1) is 0 Å². The van der Waals surface area contributed by atoms with Crippen LogP contribution in [-0.4, -0.2) is 20.4 Å². The Morgan fingerprint density at radius 3 is 2.92 bits per heavy atom. The Balaban J connectivity index is 1.67. The average molecular weight is 320 g/mol. The zero-order valence-corrected chi connectivity index (χ0v) is 12.5. The highest BCUT2D eigenvalue weighted by atomic mass is 16.3. The number of pyridine rings is 1. The van der Waals surface area contributed by atoms with Crippen molar-refractivity contribution in [3.05, 3.63) is 65.5 Å². The van der Waals surface area contributed by atoms with Gasteiger partial charge in [-0.3, -0.25) is 19.1 Å². The predicted molar refractivity (Wildman–Crippen MR) is 88.6 cm³/mol. The second-order valence-electron chi connectivity index (χ2n) is 5.24. The van der Waals surface area contributed by atoms with Crippen LogP contribution < -0.4 is 10.9 Å². The summed E-state index contributed by atoms with van der Waals surface area (Å²) in [5, 5.41) is 3.45. The Morgan fingerprint density at radius 2 is 2.08 bits per heavy atom. The van der Waals surface area contributed by atoms with E-state index in [9.17, 15) is 9.59 Å². The highest BCUT2D eigenvalue weighted by Crippen LogP contribution is 2.23. The summed E-state index contributed by atoms with van der Waals surface area (Å²) >= 11 is 0. The van der Waals surface area contributed by atoms with Gasteiger partial charge in [0.25, 0.3) is 5.56 Å². The highest BCUT2D eigenvalue weighted by molar-refractivity contribution is 6.01. The lowest BCUT2D eigenvalue weighted by molar-refractivity contribution is -0.116. The van der Waals surface area contributed by atoms with Crippen molar-refractivity contribution in [3.8, 4) is 0 Å². The summed E-state index contributed by atoms with van der Waals surface area (Å²) in [6.07, 6.45) is 4.50. The molecule has 0 aliphatic heterocycles. The first kappa shape index (κ1) is 14.1. The number of hydrogen-bond acceptors (Lipinski definition) is 5. The fourth-order valence-electron chi connectivity index (χ4n) is 2.52. The van der Waals surface area contributed by atoms with Gasteiger partial charge in [-0.1, -0.05) is 12.1 Å². The molecule has 118 valence electrons. The number of rotatable bonds is 3. The number of para-hydroxylation sites is 1. The number of nitrogens with one attached hydrogen (secondary N) is 1. The minimum absolute atomic E-state index is 0.146. The van der Waals surface area contributed by atoms with E-state index < -0.39 is 5.56 Å². The third-order valence-electron chi connectivity index (χ3n) is 3.61. The lowest BCUT2D eigenvalue weighted by Gasteiger charge is -2.06. The van der Waals surface area contributed by atoms with Crippen LogP contribution in [0.1, 0.15) is 0 Å². The molecule has 0 spiro atoms. The number of aromatic nitrogens is 3. The molecule has 0 bridgehead atoms. The van der Waals surface area contributed by atoms with Crippen LogP contribution in [0.5, 0.6) is 0 Å². The second kappa shape index (κ2) is 5.62. The molecule has 4 aromatic rings.